The number of rotatable bonds is 6. The Morgan fingerprint density at radius 1 is 1.38 bits per heavy atom. The van der Waals surface area contributed by atoms with Gasteiger partial charge in [-0.25, -0.2) is 14.6 Å². The highest BCUT2D eigenvalue weighted by Crippen LogP contribution is 2.23. The summed E-state index contributed by atoms with van der Waals surface area (Å²) < 4.78 is 7.28. The van der Waals surface area contributed by atoms with Gasteiger partial charge in [0.15, 0.2) is 11.0 Å². The molecule has 0 atom stereocenters. The van der Waals surface area contributed by atoms with Crippen molar-refractivity contribution in [2.24, 2.45) is 0 Å². The number of hydrogen-bond acceptors (Lipinski definition) is 5. The van der Waals surface area contributed by atoms with Gasteiger partial charge in [-0.3, -0.25) is 0 Å². The second-order valence-electron chi connectivity index (χ2n) is 6.03. The van der Waals surface area contributed by atoms with Crippen LogP contribution in [0.1, 0.15) is 0 Å². The van der Waals surface area contributed by atoms with Gasteiger partial charge in [-0.05, 0) is 12.1 Å². The topological polar surface area (TPSA) is 78.9 Å². The van der Waals surface area contributed by atoms with Gasteiger partial charge in [0.05, 0.1) is 5.56 Å². The molecule has 0 fully saturated rings. The fourth-order valence-corrected chi connectivity index (χ4v) is 2.64. The summed E-state index contributed by atoms with van der Waals surface area (Å²) in [7, 11) is -1.07. The Labute approximate surface area is 130 Å². The fraction of sp³-hybridized carbons (Fsp3) is 0.462. The summed E-state index contributed by atoms with van der Waals surface area (Å²) in [5.41, 5.74) is 6.30. The minimum Gasteiger partial charge on any atom is -0.384 e. The van der Waals surface area contributed by atoms with Crippen molar-refractivity contribution in [1.82, 2.24) is 19.7 Å². The molecule has 0 amide bonds. The van der Waals surface area contributed by atoms with Crippen LogP contribution in [0.15, 0.2) is 18.5 Å². The summed E-state index contributed by atoms with van der Waals surface area (Å²) in [5.74, 6) is 0.864. The molecule has 0 aliphatic carbocycles. The minimum atomic E-state index is -1.07. The number of aromatic nitrogens is 4. The van der Waals surface area contributed by atoms with Crippen LogP contribution in [-0.2, 0) is 11.5 Å². The number of nitrogens with two attached hydrogens (primary N) is 1. The molecule has 6 nitrogen and oxygen atoms in total. The fourth-order valence-electron chi connectivity index (χ4n) is 1.65. The molecule has 2 rings (SSSR count). The lowest BCUT2D eigenvalue weighted by Crippen LogP contribution is -2.22. The van der Waals surface area contributed by atoms with Crippen LogP contribution < -0.4 is 5.73 Å². The molecule has 0 saturated carbocycles. The molecule has 0 spiro atoms. The van der Waals surface area contributed by atoms with E-state index in [0.717, 1.165) is 12.7 Å². The average Bonchev–Trinajstić information content (AvgIpc) is 2.75. The van der Waals surface area contributed by atoms with Gasteiger partial charge in [0.25, 0.3) is 0 Å². The molecule has 114 valence electrons. The van der Waals surface area contributed by atoms with Gasteiger partial charge >= 0.3 is 0 Å². The average molecular weight is 326 g/mol. The molecule has 21 heavy (non-hydrogen) atoms. The van der Waals surface area contributed by atoms with E-state index in [1.54, 1.807) is 23.1 Å². The highest BCUT2D eigenvalue weighted by atomic mass is 35.5. The van der Waals surface area contributed by atoms with Crippen molar-refractivity contribution in [1.29, 1.82) is 0 Å². The van der Waals surface area contributed by atoms with Crippen LogP contribution in [0.3, 0.4) is 0 Å². The quantitative estimate of drug-likeness (QED) is 0.652. The van der Waals surface area contributed by atoms with Crippen molar-refractivity contribution in [3.8, 4) is 11.4 Å². The monoisotopic (exact) mass is 325 g/mol. The van der Waals surface area contributed by atoms with E-state index in [0.29, 0.717) is 29.1 Å². The van der Waals surface area contributed by atoms with Crippen LogP contribution in [0.4, 0.5) is 5.82 Å². The third-order valence-corrected chi connectivity index (χ3v) is 4.84. The number of anilines is 1. The SMILES string of the molecule is C[Si](C)(C)CCOCn1cc(-c2nccc(N)n2)c(Cl)n1. The highest BCUT2D eigenvalue weighted by molar-refractivity contribution is 6.76. The largest absolute Gasteiger partial charge is 0.384 e. The molecule has 2 aromatic heterocycles. The van der Waals surface area contributed by atoms with Crippen molar-refractivity contribution in [2.75, 3.05) is 12.3 Å². The van der Waals surface area contributed by atoms with Crippen molar-refractivity contribution >= 4 is 25.5 Å². The van der Waals surface area contributed by atoms with E-state index < -0.39 is 8.07 Å². The predicted molar refractivity (Wildman–Crippen MR) is 86.8 cm³/mol. The van der Waals surface area contributed by atoms with Gasteiger partial charge in [0.1, 0.15) is 12.5 Å². The Kier molecular flexibility index (Phi) is 4.97. The molecule has 0 bridgehead atoms. The van der Waals surface area contributed by atoms with Crippen LogP contribution in [0.5, 0.6) is 0 Å². The standard InChI is InChI=1S/C13H20ClN5OSi/c1-21(2,3)7-6-20-9-19-8-10(12(14)18-19)13-16-5-4-11(15)17-13/h4-5,8H,6-7,9H2,1-3H3,(H2,15,16,17). The Morgan fingerprint density at radius 2 is 2.14 bits per heavy atom. The number of halogens is 1. The van der Waals surface area contributed by atoms with E-state index in [1.807, 2.05) is 0 Å². The summed E-state index contributed by atoms with van der Waals surface area (Å²) in [6.45, 7) is 8.05. The van der Waals surface area contributed by atoms with Gasteiger partial charge in [0.2, 0.25) is 0 Å². The van der Waals surface area contributed by atoms with Crippen molar-refractivity contribution < 1.29 is 4.74 Å². The lowest BCUT2D eigenvalue weighted by atomic mass is 10.3. The van der Waals surface area contributed by atoms with Gasteiger partial charge in [-0.2, -0.15) is 5.10 Å². The normalized spacial score (nSPS) is 11.8. The lowest BCUT2D eigenvalue weighted by Gasteiger charge is -2.15. The number of hydrogen-bond donors (Lipinski definition) is 1. The first kappa shape index (κ1) is 15.9. The summed E-state index contributed by atoms with van der Waals surface area (Å²) in [4.78, 5) is 8.29. The zero-order chi connectivity index (χ0) is 15.5. The smallest absolute Gasteiger partial charge is 0.166 e. The van der Waals surface area contributed by atoms with Crippen LogP contribution in [0, 0.1) is 0 Å². The van der Waals surface area contributed by atoms with Gasteiger partial charge < -0.3 is 10.5 Å². The molecule has 0 saturated heterocycles. The Balaban J connectivity index is 1.99. The number of ether oxygens (including phenoxy) is 1. The van der Waals surface area contributed by atoms with Gasteiger partial charge in [-0.1, -0.05) is 31.2 Å². The van der Waals surface area contributed by atoms with Gasteiger partial charge in [-0.15, -0.1) is 0 Å². The summed E-state index contributed by atoms with van der Waals surface area (Å²) in [6, 6.07) is 2.74. The molecule has 0 unspecified atom stereocenters. The zero-order valence-electron chi connectivity index (χ0n) is 12.5. The van der Waals surface area contributed by atoms with Crippen LogP contribution in [0.25, 0.3) is 11.4 Å². The first-order valence-electron chi connectivity index (χ1n) is 6.75. The first-order valence-corrected chi connectivity index (χ1v) is 10.8. The van der Waals surface area contributed by atoms with Crippen molar-refractivity contribution in [3.63, 3.8) is 0 Å². The maximum atomic E-state index is 6.12. The van der Waals surface area contributed by atoms with E-state index in [-0.39, 0.29) is 0 Å². The zero-order valence-corrected chi connectivity index (χ0v) is 14.3. The Morgan fingerprint density at radius 3 is 2.81 bits per heavy atom. The van der Waals surface area contributed by atoms with Crippen molar-refractivity contribution in [2.45, 2.75) is 32.4 Å². The predicted octanol–water partition coefficient (Wildman–Crippen LogP) is 2.89. The van der Waals surface area contributed by atoms with E-state index in [2.05, 4.69) is 34.7 Å². The van der Waals surface area contributed by atoms with E-state index in [4.69, 9.17) is 22.1 Å². The van der Waals surface area contributed by atoms with E-state index in [9.17, 15) is 0 Å². The molecule has 0 aliphatic heterocycles. The molecule has 2 heterocycles. The highest BCUT2D eigenvalue weighted by Gasteiger charge is 2.14. The molecule has 2 N–H and O–H groups in total. The molecule has 8 heteroatoms. The van der Waals surface area contributed by atoms with Crippen molar-refractivity contribution in [3.05, 3.63) is 23.6 Å². The van der Waals surface area contributed by atoms with Crippen LogP contribution in [0.2, 0.25) is 30.8 Å². The van der Waals surface area contributed by atoms with Gasteiger partial charge in [0, 0.05) is 27.1 Å². The Hall–Kier alpha value is -1.44. The molecule has 0 aliphatic rings. The van der Waals surface area contributed by atoms with E-state index in [1.165, 1.54) is 0 Å². The summed E-state index contributed by atoms with van der Waals surface area (Å²) in [5, 5.41) is 4.54. The maximum Gasteiger partial charge on any atom is 0.166 e. The third-order valence-electron chi connectivity index (χ3n) is 2.85. The molecular formula is C13H20ClN5OSi. The summed E-state index contributed by atoms with van der Waals surface area (Å²) in [6.07, 6.45) is 3.36. The third kappa shape index (κ3) is 4.80. The second-order valence-corrected chi connectivity index (χ2v) is 12.0. The van der Waals surface area contributed by atoms with Crippen LogP contribution >= 0.6 is 11.6 Å². The molecule has 2 aromatic rings. The summed E-state index contributed by atoms with van der Waals surface area (Å²) >= 11 is 6.12. The lowest BCUT2D eigenvalue weighted by molar-refractivity contribution is 0.0786. The van der Waals surface area contributed by atoms with E-state index >= 15 is 0 Å². The second kappa shape index (κ2) is 6.55. The minimum absolute atomic E-state index is 0.342. The first-order chi connectivity index (χ1) is 9.85. The number of nitrogen functional groups attached to an aromatic ring is 1. The molecule has 0 radical (unpaired) electrons. The Bertz CT molecular complexity index is 611. The maximum absolute atomic E-state index is 6.12. The number of nitrogens with zero attached hydrogens (tertiary/aromatic N) is 4. The van der Waals surface area contributed by atoms with Crippen LogP contribution in [-0.4, -0.2) is 34.4 Å². The molecule has 0 aromatic carbocycles. The molecular weight excluding hydrogens is 306 g/mol.